The first-order chi connectivity index (χ1) is 6.13. The first-order valence-electron chi connectivity index (χ1n) is 4.08. The van der Waals surface area contributed by atoms with Crippen LogP contribution in [-0.4, -0.2) is 16.6 Å². The van der Waals surface area contributed by atoms with Crippen LogP contribution < -0.4 is 0 Å². The van der Waals surface area contributed by atoms with E-state index in [2.05, 4.69) is 4.98 Å². The topological polar surface area (TPSA) is 47.0 Å². The van der Waals surface area contributed by atoms with Crippen molar-refractivity contribution in [1.29, 1.82) is 0 Å². The summed E-state index contributed by atoms with van der Waals surface area (Å²) in [6.07, 6.45) is 1.54. The molecule has 1 atom stereocenters. The quantitative estimate of drug-likeness (QED) is 0.519. The summed E-state index contributed by atoms with van der Waals surface area (Å²) in [6, 6.07) is 5.07. The SMILES string of the molecule is CC(=O)C(C)C(=O)c1ccccn1. The molecule has 3 nitrogen and oxygen atoms in total. The molecule has 0 radical (unpaired) electrons. The fraction of sp³-hybridized carbons (Fsp3) is 0.300. The van der Waals surface area contributed by atoms with Crippen molar-refractivity contribution >= 4 is 11.6 Å². The van der Waals surface area contributed by atoms with Gasteiger partial charge in [-0.1, -0.05) is 6.07 Å². The van der Waals surface area contributed by atoms with E-state index in [4.69, 9.17) is 0 Å². The monoisotopic (exact) mass is 177 g/mol. The van der Waals surface area contributed by atoms with E-state index in [1.165, 1.54) is 6.92 Å². The van der Waals surface area contributed by atoms with E-state index in [-0.39, 0.29) is 11.6 Å². The highest BCUT2D eigenvalue weighted by Crippen LogP contribution is 2.06. The van der Waals surface area contributed by atoms with Crippen molar-refractivity contribution in [3.63, 3.8) is 0 Å². The minimum atomic E-state index is -0.588. The standard InChI is InChI=1S/C10H11NO2/c1-7(8(2)12)10(13)9-5-3-4-6-11-9/h3-7H,1-2H3. The molecule has 0 fully saturated rings. The predicted octanol–water partition coefficient (Wildman–Crippen LogP) is 1.49. The average molecular weight is 177 g/mol. The first-order valence-corrected chi connectivity index (χ1v) is 4.08. The lowest BCUT2D eigenvalue weighted by molar-refractivity contribution is -0.118. The molecule has 0 aliphatic heterocycles. The third kappa shape index (κ3) is 2.21. The largest absolute Gasteiger partial charge is 0.299 e. The molecular weight excluding hydrogens is 166 g/mol. The van der Waals surface area contributed by atoms with Crippen LogP contribution in [0.2, 0.25) is 0 Å². The van der Waals surface area contributed by atoms with Gasteiger partial charge in [-0.3, -0.25) is 14.6 Å². The van der Waals surface area contributed by atoms with Gasteiger partial charge < -0.3 is 0 Å². The third-order valence-electron chi connectivity index (χ3n) is 1.92. The molecule has 68 valence electrons. The van der Waals surface area contributed by atoms with Crippen molar-refractivity contribution in [3.05, 3.63) is 30.1 Å². The minimum Gasteiger partial charge on any atom is -0.299 e. The van der Waals surface area contributed by atoms with Crippen LogP contribution in [0.1, 0.15) is 24.3 Å². The summed E-state index contributed by atoms with van der Waals surface area (Å²) < 4.78 is 0. The fourth-order valence-electron chi connectivity index (χ4n) is 0.915. The Hall–Kier alpha value is -1.51. The molecule has 3 heteroatoms. The second kappa shape index (κ2) is 3.94. The molecule has 0 amide bonds. The average Bonchev–Trinajstić information content (AvgIpc) is 2.17. The molecule has 0 aliphatic rings. The van der Waals surface area contributed by atoms with Gasteiger partial charge in [0.1, 0.15) is 11.5 Å². The molecular formula is C10H11NO2. The van der Waals surface area contributed by atoms with Crippen LogP contribution in [0.25, 0.3) is 0 Å². The van der Waals surface area contributed by atoms with E-state index in [9.17, 15) is 9.59 Å². The van der Waals surface area contributed by atoms with Crippen molar-refractivity contribution in [2.45, 2.75) is 13.8 Å². The molecule has 0 N–H and O–H groups in total. The summed E-state index contributed by atoms with van der Waals surface area (Å²) in [7, 11) is 0. The van der Waals surface area contributed by atoms with Gasteiger partial charge in [0.05, 0.1) is 5.92 Å². The maximum atomic E-state index is 11.5. The van der Waals surface area contributed by atoms with Crippen molar-refractivity contribution in [1.82, 2.24) is 4.98 Å². The van der Waals surface area contributed by atoms with Crippen molar-refractivity contribution < 1.29 is 9.59 Å². The number of hydrogen-bond acceptors (Lipinski definition) is 3. The van der Waals surface area contributed by atoms with Crippen LogP contribution in [0, 0.1) is 5.92 Å². The van der Waals surface area contributed by atoms with E-state index in [1.807, 2.05) is 0 Å². The number of carbonyl (C=O) groups is 2. The van der Waals surface area contributed by atoms with Gasteiger partial charge in [-0.2, -0.15) is 0 Å². The van der Waals surface area contributed by atoms with E-state index in [1.54, 1.807) is 31.3 Å². The zero-order valence-electron chi connectivity index (χ0n) is 7.65. The van der Waals surface area contributed by atoms with Crippen LogP contribution in [0.4, 0.5) is 0 Å². The molecule has 1 aromatic heterocycles. The van der Waals surface area contributed by atoms with E-state index in [0.717, 1.165) is 0 Å². The van der Waals surface area contributed by atoms with Crippen molar-refractivity contribution in [3.8, 4) is 0 Å². The first kappa shape index (κ1) is 9.58. The van der Waals surface area contributed by atoms with Crippen molar-refractivity contribution in [2.75, 3.05) is 0 Å². The predicted molar refractivity (Wildman–Crippen MR) is 48.4 cm³/mol. The summed E-state index contributed by atoms with van der Waals surface area (Å²) in [6.45, 7) is 3.00. The molecule has 0 saturated carbocycles. The Morgan fingerprint density at radius 1 is 1.38 bits per heavy atom. The molecule has 0 spiro atoms. The highest BCUT2D eigenvalue weighted by atomic mass is 16.1. The van der Waals surface area contributed by atoms with Gasteiger partial charge in [-0.05, 0) is 26.0 Å². The van der Waals surface area contributed by atoms with E-state index < -0.39 is 5.92 Å². The number of pyridine rings is 1. The summed E-state index contributed by atoms with van der Waals surface area (Å²) in [4.78, 5) is 26.3. The van der Waals surface area contributed by atoms with Gasteiger partial charge in [-0.15, -0.1) is 0 Å². The molecule has 13 heavy (non-hydrogen) atoms. The van der Waals surface area contributed by atoms with Crippen LogP contribution in [-0.2, 0) is 4.79 Å². The molecule has 0 aliphatic carbocycles. The Morgan fingerprint density at radius 2 is 2.08 bits per heavy atom. The number of rotatable bonds is 3. The molecule has 1 rings (SSSR count). The zero-order chi connectivity index (χ0) is 9.84. The Balaban J connectivity index is 2.86. The molecule has 1 unspecified atom stereocenters. The maximum Gasteiger partial charge on any atom is 0.191 e. The smallest absolute Gasteiger partial charge is 0.191 e. The van der Waals surface area contributed by atoms with Gasteiger partial charge >= 0.3 is 0 Å². The van der Waals surface area contributed by atoms with Crippen LogP contribution >= 0.6 is 0 Å². The zero-order valence-corrected chi connectivity index (χ0v) is 7.65. The Bertz CT molecular complexity index is 319. The number of nitrogens with zero attached hydrogens (tertiary/aromatic N) is 1. The summed E-state index contributed by atoms with van der Waals surface area (Å²) in [5.74, 6) is -0.932. The lowest BCUT2D eigenvalue weighted by Gasteiger charge is -2.04. The van der Waals surface area contributed by atoms with Crippen LogP contribution in [0.5, 0.6) is 0 Å². The summed E-state index contributed by atoms with van der Waals surface area (Å²) in [5.41, 5.74) is 0.352. The Labute approximate surface area is 76.8 Å². The number of Topliss-reactive ketones (excluding diaryl/α,β-unsaturated/α-hetero) is 2. The Morgan fingerprint density at radius 3 is 2.54 bits per heavy atom. The molecule has 0 saturated heterocycles. The van der Waals surface area contributed by atoms with E-state index in [0.29, 0.717) is 5.69 Å². The number of ketones is 2. The van der Waals surface area contributed by atoms with Gasteiger partial charge in [-0.25, -0.2) is 0 Å². The molecule has 1 aromatic rings. The van der Waals surface area contributed by atoms with Gasteiger partial charge in [0, 0.05) is 6.20 Å². The van der Waals surface area contributed by atoms with Crippen LogP contribution in [0.15, 0.2) is 24.4 Å². The van der Waals surface area contributed by atoms with Gasteiger partial charge in [0.25, 0.3) is 0 Å². The van der Waals surface area contributed by atoms with Gasteiger partial charge in [0.2, 0.25) is 0 Å². The normalized spacial score (nSPS) is 12.2. The number of hydrogen-bond donors (Lipinski definition) is 0. The molecule has 0 bridgehead atoms. The number of aromatic nitrogens is 1. The highest BCUT2D eigenvalue weighted by molar-refractivity contribution is 6.08. The molecule has 1 heterocycles. The molecule has 0 aromatic carbocycles. The third-order valence-corrected chi connectivity index (χ3v) is 1.92. The lowest BCUT2D eigenvalue weighted by atomic mass is 10.00. The second-order valence-electron chi connectivity index (χ2n) is 2.91. The maximum absolute atomic E-state index is 11.5. The minimum absolute atomic E-state index is 0.129. The van der Waals surface area contributed by atoms with Crippen molar-refractivity contribution in [2.24, 2.45) is 5.92 Å². The fourth-order valence-corrected chi connectivity index (χ4v) is 0.915. The lowest BCUT2D eigenvalue weighted by Crippen LogP contribution is -2.19. The van der Waals surface area contributed by atoms with Crippen LogP contribution in [0.3, 0.4) is 0 Å². The van der Waals surface area contributed by atoms with E-state index >= 15 is 0 Å². The highest BCUT2D eigenvalue weighted by Gasteiger charge is 2.19. The number of carbonyl (C=O) groups excluding carboxylic acids is 2. The Kier molecular flexibility index (Phi) is 2.90. The van der Waals surface area contributed by atoms with Gasteiger partial charge in [0.15, 0.2) is 5.78 Å². The summed E-state index contributed by atoms with van der Waals surface area (Å²) >= 11 is 0. The second-order valence-corrected chi connectivity index (χ2v) is 2.91. The summed E-state index contributed by atoms with van der Waals surface area (Å²) in [5, 5.41) is 0.